The molecule has 1 heterocycles. The molecule has 0 saturated carbocycles. The number of methoxy groups -OCH3 is 1. The van der Waals surface area contributed by atoms with E-state index in [-0.39, 0.29) is 25.0 Å². The van der Waals surface area contributed by atoms with Gasteiger partial charge >= 0.3 is 0 Å². The van der Waals surface area contributed by atoms with Crippen molar-refractivity contribution in [3.05, 3.63) is 42.5 Å². The second-order valence-electron chi connectivity index (χ2n) is 5.03. The van der Waals surface area contributed by atoms with Crippen LogP contribution in [0.1, 0.15) is 0 Å². The van der Waals surface area contributed by atoms with Gasteiger partial charge in [0.2, 0.25) is 0 Å². The quantitative estimate of drug-likeness (QED) is 0.877. The van der Waals surface area contributed by atoms with Crippen LogP contribution in [0.15, 0.2) is 42.5 Å². The van der Waals surface area contributed by atoms with E-state index < -0.39 is 0 Å². The lowest BCUT2D eigenvalue weighted by Gasteiger charge is -2.18. The summed E-state index contributed by atoms with van der Waals surface area (Å²) in [4.78, 5) is 23.3. The van der Waals surface area contributed by atoms with Crippen LogP contribution in [-0.4, -0.2) is 32.1 Å². The van der Waals surface area contributed by atoms with Crippen molar-refractivity contribution in [1.29, 1.82) is 0 Å². The van der Waals surface area contributed by atoms with Crippen LogP contribution in [0.4, 0.5) is 11.4 Å². The molecule has 0 aliphatic carbocycles. The fourth-order valence-corrected chi connectivity index (χ4v) is 2.24. The maximum atomic E-state index is 12.0. The molecule has 0 saturated heterocycles. The van der Waals surface area contributed by atoms with Crippen molar-refractivity contribution < 1.29 is 23.8 Å². The Morgan fingerprint density at radius 1 is 1.29 bits per heavy atom. The minimum atomic E-state index is -0.322. The summed E-state index contributed by atoms with van der Waals surface area (Å²) in [6.07, 6.45) is 0. The molecule has 0 unspecified atom stereocenters. The molecular weight excluding hydrogens is 312 g/mol. The molecule has 2 aromatic rings. The summed E-state index contributed by atoms with van der Waals surface area (Å²) in [6.45, 7) is -0.180. The van der Waals surface area contributed by atoms with Crippen molar-refractivity contribution in [3.63, 3.8) is 0 Å². The third kappa shape index (κ3) is 3.57. The third-order valence-corrected chi connectivity index (χ3v) is 3.33. The highest BCUT2D eigenvalue weighted by Crippen LogP contribution is 2.31. The lowest BCUT2D eigenvalue weighted by molar-refractivity contribution is -0.119. The van der Waals surface area contributed by atoms with Gasteiger partial charge in [-0.15, -0.1) is 0 Å². The molecule has 7 nitrogen and oxygen atoms in total. The Morgan fingerprint density at radius 2 is 2.12 bits per heavy atom. The second-order valence-corrected chi connectivity index (χ2v) is 5.03. The van der Waals surface area contributed by atoms with Crippen molar-refractivity contribution in [2.24, 2.45) is 0 Å². The van der Waals surface area contributed by atoms with Crippen LogP contribution in [0.3, 0.4) is 0 Å². The first-order chi connectivity index (χ1) is 11.7. The molecule has 0 spiro atoms. The Labute approximate surface area is 138 Å². The number of carbonyl (C=O) groups is 2. The molecule has 1 aliphatic heterocycles. The van der Waals surface area contributed by atoms with Gasteiger partial charge in [-0.05, 0) is 24.3 Å². The van der Waals surface area contributed by atoms with Crippen LogP contribution in [-0.2, 0) is 9.59 Å². The molecule has 2 amide bonds. The van der Waals surface area contributed by atoms with Gasteiger partial charge in [0.15, 0.2) is 13.2 Å². The van der Waals surface area contributed by atoms with E-state index in [1.54, 1.807) is 36.4 Å². The summed E-state index contributed by atoms with van der Waals surface area (Å²) in [5, 5.41) is 5.40. The average Bonchev–Trinajstić information content (AvgIpc) is 2.60. The molecular formula is C17H16N2O5. The van der Waals surface area contributed by atoms with Crippen molar-refractivity contribution in [2.75, 3.05) is 31.0 Å². The molecule has 3 rings (SSSR count). The number of fused-ring (bicyclic) bond motifs is 1. The minimum absolute atomic E-state index is 0.00544. The Balaban J connectivity index is 1.60. The standard InChI is InChI=1S/C17H16N2O5/c1-22-14-5-3-2-4-12(14)18-16(20)9-23-11-6-7-15-13(8-11)19-17(21)10-24-15/h2-8H,9-10H2,1H3,(H,18,20)(H,19,21). The normalized spacial score (nSPS) is 12.5. The molecule has 0 aromatic heterocycles. The summed E-state index contributed by atoms with van der Waals surface area (Å²) in [5.41, 5.74) is 1.09. The van der Waals surface area contributed by atoms with Crippen molar-refractivity contribution >= 4 is 23.2 Å². The van der Waals surface area contributed by atoms with Gasteiger partial charge in [0.1, 0.15) is 17.2 Å². The van der Waals surface area contributed by atoms with Gasteiger partial charge < -0.3 is 24.8 Å². The van der Waals surface area contributed by atoms with E-state index in [0.29, 0.717) is 28.6 Å². The van der Waals surface area contributed by atoms with Gasteiger partial charge in [0.05, 0.1) is 18.5 Å². The Bertz CT molecular complexity index is 775. The van der Waals surface area contributed by atoms with Crippen LogP contribution in [0.5, 0.6) is 17.2 Å². The molecule has 0 radical (unpaired) electrons. The fraction of sp³-hybridized carbons (Fsp3) is 0.176. The number of benzene rings is 2. The number of anilines is 2. The minimum Gasteiger partial charge on any atom is -0.495 e. The zero-order valence-corrected chi connectivity index (χ0v) is 13.0. The van der Waals surface area contributed by atoms with E-state index in [4.69, 9.17) is 14.2 Å². The molecule has 1 aliphatic rings. The van der Waals surface area contributed by atoms with E-state index in [1.807, 2.05) is 6.07 Å². The van der Waals surface area contributed by atoms with Crippen LogP contribution in [0.25, 0.3) is 0 Å². The van der Waals surface area contributed by atoms with Gasteiger partial charge in [0, 0.05) is 6.07 Å². The SMILES string of the molecule is COc1ccccc1NC(=O)COc1ccc2c(c1)NC(=O)CO2. The first-order valence-corrected chi connectivity index (χ1v) is 7.28. The van der Waals surface area contributed by atoms with E-state index in [1.165, 1.54) is 7.11 Å². The predicted octanol–water partition coefficient (Wildman–Crippen LogP) is 2.04. The molecule has 0 atom stereocenters. The second kappa shape index (κ2) is 6.91. The molecule has 24 heavy (non-hydrogen) atoms. The van der Waals surface area contributed by atoms with Crippen molar-refractivity contribution in [2.45, 2.75) is 0 Å². The van der Waals surface area contributed by atoms with E-state index in [0.717, 1.165) is 0 Å². The smallest absolute Gasteiger partial charge is 0.262 e. The zero-order chi connectivity index (χ0) is 16.9. The lowest BCUT2D eigenvalue weighted by atomic mass is 10.2. The van der Waals surface area contributed by atoms with E-state index >= 15 is 0 Å². The van der Waals surface area contributed by atoms with Crippen LogP contribution in [0, 0.1) is 0 Å². The number of carbonyl (C=O) groups excluding carboxylic acids is 2. The number of rotatable bonds is 5. The maximum absolute atomic E-state index is 12.0. The number of hydrogen-bond donors (Lipinski definition) is 2. The number of para-hydroxylation sites is 2. The summed E-state index contributed by atoms with van der Waals surface area (Å²) >= 11 is 0. The summed E-state index contributed by atoms with van der Waals surface area (Å²) < 4.78 is 15.9. The Morgan fingerprint density at radius 3 is 2.96 bits per heavy atom. The van der Waals surface area contributed by atoms with Crippen LogP contribution in [0.2, 0.25) is 0 Å². The van der Waals surface area contributed by atoms with Gasteiger partial charge in [0.25, 0.3) is 11.8 Å². The number of ether oxygens (including phenoxy) is 3. The van der Waals surface area contributed by atoms with Crippen LogP contribution < -0.4 is 24.8 Å². The highest BCUT2D eigenvalue weighted by molar-refractivity contribution is 5.96. The maximum Gasteiger partial charge on any atom is 0.262 e. The van der Waals surface area contributed by atoms with Crippen LogP contribution >= 0.6 is 0 Å². The topological polar surface area (TPSA) is 85.9 Å². The summed E-state index contributed by atoms with van der Waals surface area (Å²) in [5.74, 6) is 1.04. The van der Waals surface area contributed by atoms with E-state index in [2.05, 4.69) is 10.6 Å². The van der Waals surface area contributed by atoms with Gasteiger partial charge in [-0.1, -0.05) is 12.1 Å². The number of hydrogen-bond acceptors (Lipinski definition) is 5. The van der Waals surface area contributed by atoms with Gasteiger partial charge in [-0.2, -0.15) is 0 Å². The average molecular weight is 328 g/mol. The molecule has 0 fully saturated rings. The summed E-state index contributed by atoms with van der Waals surface area (Å²) in [7, 11) is 1.53. The van der Waals surface area contributed by atoms with Crippen molar-refractivity contribution in [1.82, 2.24) is 0 Å². The molecule has 0 bridgehead atoms. The first-order valence-electron chi connectivity index (χ1n) is 7.28. The molecule has 2 aromatic carbocycles. The molecule has 2 N–H and O–H groups in total. The molecule has 7 heteroatoms. The first kappa shape index (κ1) is 15.7. The Hall–Kier alpha value is -3.22. The monoisotopic (exact) mass is 328 g/mol. The number of nitrogens with one attached hydrogen (secondary N) is 2. The fourth-order valence-electron chi connectivity index (χ4n) is 2.24. The summed E-state index contributed by atoms with van der Waals surface area (Å²) in [6, 6.07) is 12.1. The van der Waals surface area contributed by atoms with Gasteiger partial charge in [-0.25, -0.2) is 0 Å². The predicted molar refractivity (Wildman–Crippen MR) is 87.7 cm³/mol. The van der Waals surface area contributed by atoms with Crippen molar-refractivity contribution in [3.8, 4) is 17.2 Å². The highest BCUT2D eigenvalue weighted by atomic mass is 16.5. The third-order valence-electron chi connectivity index (χ3n) is 3.33. The molecule has 124 valence electrons. The van der Waals surface area contributed by atoms with Gasteiger partial charge in [-0.3, -0.25) is 9.59 Å². The largest absolute Gasteiger partial charge is 0.495 e. The highest BCUT2D eigenvalue weighted by Gasteiger charge is 2.16. The zero-order valence-electron chi connectivity index (χ0n) is 13.0. The Kier molecular flexibility index (Phi) is 4.51. The number of amides is 2. The van der Waals surface area contributed by atoms with E-state index in [9.17, 15) is 9.59 Å². The lowest BCUT2D eigenvalue weighted by Crippen LogP contribution is -2.25.